The highest BCUT2D eigenvalue weighted by atomic mass is 16.5. The Morgan fingerprint density at radius 3 is 2.75 bits per heavy atom. The largest absolute Gasteiger partial charge is 0.466 e. The van der Waals surface area contributed by atoms with Crippen molar-refractivity contribution in [2.24, 2.45) is 5.92 Å². The van der Waals surface area contributed by atoms with Gasteiger partial charge in [-0.05, 0) is 32.7 Å². The summed E-state index contributed by atoms with van der Waals surface area (Å²) in [5.74, 6) is 0.0850. The second kappa shape index (κ2) is 7.66. The van der Waals surface area contributed by atoms with E-state index in [1.165, 1.54) is 19.3 Å². The van der Waals surface area contributed by atoms with E-state index in [0.717, 1.165) is 25.8 Å². The van der Waals surface area contributed by atoms with Gasteiger partial charge in [0.1, 0.15) is 0 Å². The Morgan fingerprint density at radius 1 is 1.31 bits per heavy atom. The van der Waals surface area contributed by atoms with Crippen LogP contribution in [0.2, 0.25) is 0 Å². The molecular weight excluding hydrogens is 202 g/mol. The molecule has 0 radical (unpaired) electrons. The van der Waals surface area contributed by atoms with E-state index in [-0.39, 0.29) is 11.9 Å². The number of esters is 1. The molecule has 1 rings (SSSR count). The van der Waals surface area contributed by atoms with Gasteiger partial charge in [0.05, 0.1) is 12.5 Å². The molecule has 1 saturated carbocycles. The molecule has 1 N–H and O–H groups in total. The van der Waals surface area contributed by atoms with Gasteiger partial charge in [0.25, 0.3) is 0 Å². The quantitative estimate of drug-likeness (QED) is 0.559. The van der Waals surface area contributed by atoms with Crippen molar-refractivity contribution in [3.63, 3.8) is 0 Å². The third-order valence-corrected chi connectivity index (χ3v) is 3.29. The maximum atomic E-state index is 11.8. The van der Waals surface area contributed by atoms with E-state index in [4.69, 9.17) is 4.74 Å². The molecule has 3 nitrogen and oxygen atoms in total. The van der Waals surface area contributed by atoms with Gasteiger partial charge in [0.2, 0.25) is 0 Å². The standard InChI is InChI=1S/C13H25NO2/c1-3-5-10-14-12-9-7-6-8-11(12)13(15)16-4-2/h11-12,14H,3-10H2,1-2H3. The molecule has 0 saturated heterocycles. The van der Waals surface area contributed by atoms with Gasteiger partial charge < -0.3 is 10.1 Å². The van der Waals surface area contributed by atoms with Crippen molar-refractivity contribution in [1.82, 2.24) is 5.32 Å². The average Bonchev–Trinajstić information content (AvgIpc) is 2.30. The summed E-state index contributed by atoms with van der Waals surface area (Å²) in [6.07, 6.45) is 6.89. The molecule has 1 fully saturated rings. The van der Waals surface area contributed by atoms with Gasteiger partial charge in [-0.2, -0.15) is 0 Å². The molecule has 3 heteroatoms. The number of nitrogens with one attached hydrogen (secondary N) is 1. The summed E-state index contributed by atoms with van der Waals surface area (Å²) in [5.41, 5.74) is 0. The van der Waals surface area contributed by atoms with Gasteiger partial charge >= 0.3 is 5.97 Å². The second-order valence-electron chi connectivity index (χ2n) is 4.56. The van der Waals surface area contributed by atoms with Crippen molar-refractivity contribution in [1.29, 1.82) is 0 Å². The fourth-order valence-electron chi connectivity index (χ4n) is 2.37. The zero-order chi connectivity index (χ0) is 11.8. The molecule has 0 amide bonds. The Labute approximate surface area is 98.9 Å². The second-order valence-corrected chi connectivity index (χ2v) is 4.56. The van der Waals surface area contributed by atoms with Crippen molar-refractivity contribution >= 4 is 5.97 Å². The van der Waals surface area contributed by atoms with Crippen molar-refractivity contribution in [2.75, 3.05) is 13.2 Å². The molecule has 16 heavy (non-hydrogen) atoms. The third-order valence-electron chi connectivity index (χ3n) is 3.29. The fraction of sp³-hybridized carbons (Fsp3) is 0.923. The van der Waals surface area contributed by atoms with Crippen LogP contribution in [-0.2, 0) is 9.53 Å². The lowest BCUT2D eigenvalue weighted by Gasteiger charge is -2.30. The predicted octanol–water partition coefficient (Wildman–Crippen LogP) is 2.50. The molecular formula is C13H25NO2. The first-order valence-corrected chi connectivity index (χ1v) is 6.69. The molecule has 2 unspecified atom stereocenters. The molecule has 0 aromatic heterocycles. The van der Waals surface area contributed by atoms with Gasteiger partial charge in [-0.25, -0.2) is 0 Å². The Morgan fingerprint density at radius 2 is 2.06 bits per heavy atom. The molecule has 0 aliphatic heterocycles. The van der Waals surface area contributed by atoms with Gasteiger partial charge in [0.15, 0.2) is 0 Å². The van der Waals surface area contributed by atoms with Crippen LogP contribution >= 0.6 is 0 Å². The monoisotopic (exact) mass is 227 g/mol. The first kappa shape index (κ1) is 13.5. The molecule has 0 heterocycles. The van der Waals surface area contributed by atoms with E-state index in [9.17, 15) is 4.79 Å². The first-order chi connectivity index (χ1) is 7.79. The van der Waals surface area contributed by atoms with E-state index in [0.29, 0.717) is 12.6 Å². The molecule has 94 valence electrons. The maximum Gasteiger partial charge on any atom is 0.310 e. The zero-order valence-electron chi connectivity index (χ0n) is 10.6. The van der Waals surface area contributed by atoms with Crippen molar-refractivity contribution in [2.45, 2.75) is 58.4 Å². The highest BCUT2D eigenvalue weighted by Crippen LogP contribution is 2.25. The van der Waals surface area contributed by atoms with Gasteiger partial charge in [-0.3, -0.25) is 4.79 Å². The van der Waals surface area contributed by atoms with Crippen LogP contribution in [0.25, 0.3) is 0 Å². The summed E-state index contributed by atoms with van der Waals surface area (Å²) in [6, 6.07) is 0.347. The van der Waals surface area contributed by atoms with Crippen LogP contribution < -0.4 is 5.32 Å². The summed E-state index contributed by atoms with van der Waals surface area (Å²) in [7, 11) is 0. The van der Waals surface area contributed by atoms with Gasteiger partial charge in [-0.1, -0.05) is 26.2 Å². The summed E-state index contributed by atoms with van der Waals surface area (Å²) < 4.78 is 5.14. The predicted molar refractivity (Wildman–Crippen MR) is 65.3 cm³/mol. The van der Waals surface area contributed by atoms with Crippen LogP contribution in [0.15, 0.2) is 0 Å². The Bertz CT molecular complexity index is 206. The maximum absolute atomic E-state index is 11.8. The van der Waals surface area contributed by atoms with Crippen molar-refractivity contribution < 1.29 is 9.53 Å². The third kappa shape index (κ3) is 4.12. The number of carbonyl (C=O) groups is 1. The van der Waals surface area contributed by atoms with Crippen molar-refractivity contribution in [3.8, 4) is 0 Å². The summed E-state index contributed by atoms with van der Waals surface area (Å²) in [6.45, 7) is 5.58. The van der Waals surface area contributed by atoms with E-state index in [1.54, 1.807) is 0 Å². The summed E-state index contributed by atoms with van der Waals surface area (Å²) >= 11 is 0. The minimum atomic E-state index is -0.00352. The molecule has 1 aliphatic carbocycles. The lowest BCUT2D eigenvalue weighted by atomic mass is 9.84. The molecule has 1 aliphatic rings. The van der Waals surface area contributed by atoms with Crippen LogP contribution in [0.5, 0.6) is 0 Å². The van der Waals surface area contributed by atoms with Crippen LogP contribution in [0.1, 0.15) is 52.4 Å². The van der Waals surface area contributed by atoms with Gasteiger partial charge in [-0.15, -0.1) is 0 Å². The fourth-order valence-corrected chi connectivity index (χ4v) is 2.37. The molecule has 0 spiro atoms. The number of carbonyl (C=O) groups excluding carboxylic acids is 1. The summed E-state index contributed by atoms with van der Waals surface area (Å²) in [5, 5.41) is 3.51. The van der Waals surface area contributed by atoms with E-state index in [2.05, 4.69) is 12.2 Å². The van der Waals surface area contributed by atoms with Gasteiger partial charge in [0, 0.05) is 6.04 Å². The van der Waals surface area contributed by atoms with E-state index < -0.39 is 0 Å². The topological polar surface area (TPSA) is 38.3 Å². The summed E-state index contributed by atoms with van der Waals surface area (Å²) in [4.78, 5) is 11.8. The normalized spacial score (nSPS) is 25.4. The number of ether oxygens (including phenoxy) is 1. The van der Waals surface area contributed by atoms with Crippen LogP contribution in [0.3, 0.4) is 0 Å². The minimum absolute atomic E-state index is 0.00352. The lowest BCUT2D eigenvalue weighted by Crippen LogP contribution is -2.43. The minimum Gasteiger partial charge on any atom is -0.466 e. The number of hydrogen-bond acceptors (Lipinski definition) is 3. The molecule has 0 aromatic rings. The Balaban J connectivity index is 2.40. The van der Waals surface area contributed by atoms with E-state index >= 15 is 0 Å². The smallest absolute Gasteiger partial charge is 0.310 e. The van der Waals surface area contributed by atoms with E-state index in [1.807, 2.05) is 6.92 Å². The first-order valence-electron chi connectivity index (χ1n) is 6.69. The molecule has 0 aromatic carbocycles. The molecule has 2 atom stereocenters. The zero-order valence-corrected chi connectivity index (χ0v) is 10.6. The highest BCUT2D eigenvalue weighted by molar-refractivity contribution is 5.73. The number of unbranched alkanes of at least 4 members (excludes halogenated alkanes) is 1. The Kier molecular flexibility index (Phi) is 6.46. The van der Waals surface area contributed by atoms with Crippen LogP contribution in [0, 0.1) is 5.92 Å². The SMILES string of the molecule is CCCCNC1CCCCC1C(=O)OCC. The average molecular weight is 227 g/mol. The van der Waals surface area contributed by atoms with Crippen LogP contribution in [0.4, 0.5) is 0 Å². The lowest BCUT2D eigenvalue weighted by molar-refractivity contribution is -0.150. The van der Waals surface area contributed by atoms with Crippen molar-refractivity contribution in [3.05, 3.63) is 0 Å². The number of hydrogen-bond donors (Lipinski definition) is 1. The van der Waals surface area contributed by atoms with Crippen LogP contribution in [-0.4, -0.2) is 25.2 Å². The molecule has 0 bridgehead atoms. The highest BCUT2D eigenvalue weighted by Gasteiger charge is 2.31. The Hall–Kier alpha value is -0.570. The number of rotatable bonds is 6.